The second-order valence-corrected chi connectivity index (χ2v) is 3.25. The van der Waals surface area contributed by atoms with Gasteiger partial charge >= 0.3 is 0 Å². The number of hydrogen-bond donors (Lipinski definition) is 1. The normalized spacial score (nSPS) is 9.93. The first-order chi connectivity index (χ1) is 6.67. The van der Waals surface area contributed by atoms with E-state index in [0.29, 0.717) is 12.2 Å². The summed E-state index contributed by atoms with van der Waals surface area (Å²) in [6.07, 6.45) is 3.24. The summed E-state index contributed by atoms with van der Waals surface area (Å²) < 4.78 is 0. The number of hydrogen-bond acceptors (Lipinski definition) is 2. The summed E-state index contributed by atoms with van der Waals surface area (Å²) in [4.78, 5) is 15.3. The topological polar surface area (TPSA) is 42.0 Å². The molecule has 1 N–H and O–H groups in total. The number of aryl methyl sites for hydroxylation is 2. The van der Waals surface area contributed by atoms with Crippen molar-refractivity contribution in [2.24, 2.45) is 0 Å². The van der Waals surface area contributed by atoms with Crippen LogP contribution in [0.2, 0.25) is 0 Å². The van der Waals surface area contributed by atoms with Crippen LogP contribution in [0.4, 0.5) is 5.82 Å². The van der Waals surface area contributed by atoms with Gasteiger partial charge in [0.15, 0.2) is 0 Å². The number of nitrogens with zero attached hydrogens (tertiary/aromatic N) is 1. The Morgan fingerprint density at radius 1 is 1.50 bits per heavy atom. The van der Waals surface area contributed by atoms with Crippen molar-refractivity contribution < 1.29 is 4.79 Å². The summed E-state index contributed by atoms with van der Waals surface area (Å²) in [7, 11) is 0. The molecule has 3 heteroatoms. The lowest BCUT2D eigenvalue weighted by atomic mass is 10.1. The van der Waals surface area contributed by atoms with Crippen molar-refractivity contribution in [1.82, 2.24) is 4.98 Å². The van der Waals surface area contributed by atoms with E-state index in [1.54, 1.807) is 6.20 Å². The minimum atomic E-state index is 0.00315. The minimum absolute atomic E-state index is 0.00315. The fraction of sp³-hybridized carbons (Fsp3) is 0.455. The molecule has 0 aliphatic rings. The summed E-state index contributed by atoms with van der Waals surface area (Å²) in [5, 5.41) is 2.74. The van der Waals surface area contributed by atoms with Crippen molar-refractivity contribution in [2.75, 3.05) is 5.32 Å². The van der Waals surface area contributed by atoms with Crippen LogP contribution in [-0.2, 0) is 11.2 Å². The van der Waals surface area contributed by atoms with Gasteiger partial charge in [-0.3, -0.25) is 4.79 Å². The lowest BCUT2D eigenvalue weighted by Crippen LogP contribution is -2.11. The highest BCUT2D eigenvalue weighted by molar-refractivity contribution is 5.89. The SMILES string of the molecule is CCC(=O)Nc1cc(CC)c(C)cn1. The molecule has 1 aromatic rings. The molecule has 0 aliphatic heterocycles. The van der Waals surface area contributed by atoms with Crippen LogP contribution in [0.15, 0.2) is 12.3 Å². The van der Waals surface area contributed by atoms with Crippen LogP contribution in [0, 0.1) is 6.92 Å². The van der Waals surface area contributed by atoms with Gasteiger partial charge in [0, 0.05) is 12.6 Å². The van der Waals surface area contributed by atoms with Crippen LogP contribution in [0.5, 0.6) is 0 Å². The third-order valence-electron chi connectivity index (χ3n) is 2.18. The molecule has 1 rings (SSSR count). The second-order valence-electron chi connectivity index (χ2n) is 3.25. The summed E-state index contributed by atoms with van der Waals surface area (Å²) in [6, 6.07) is 1.93. The van der Waals surface area contributed by atoms with Gasteiger partial charge in [-0.15, -0.1) is 0 Å². The standard InChI is InChI=1S/C11H16N2O/c1-4-9-6-10(12-7-8(9)3)13-11(14)5-2/h6-7H,4-5H2,1-3H3,(H,12,13,14). The molecule has 0 atom stereocenters. The van der Waals surface area contributed by atoms with E-state index >= 15 is 0 Å². The Morgan fingerprint density at radius 3 is 2.79 bits per heavy atom. The van der Waals surface area contributed by atoms with Crippen LogP contribution in [-0.4, -0.2) is 10.9 Å². The maximum atomic E-state index is 11.1. The number of nitrogens with one attached hydrogen (secondary N) is 1. The largest absolute Gasteiger partial charge is 0.311 e. The molecule has 0 fully saturated rings. The van der Waals surface area contributed by atoms with E-state index in [-0.39, 0.29) is 5.91 Å². The molecule has 0 aliphatic carbocycles. The molecule has 1 aromatic heterocycles. The lowest BCUT2D eigenvalue weighted by Gasteiger charge is -2.06. The molecular formula is C11H16N2O. The van der Waals surface area contributed by atoms with E-state index in [1.165, 1.54) is 11.1 Å². The minimum Gasteiger partial charge on any atom is -0.311 e. The number of carbonyl (C=O) groups is 1. The summed E-state index contributed by atoms with van der Waals surface area (Å²) >= 11 is 0. The van der Waals surface area contributed by atoms with Crippen molar-refractivity contribution >= 4 is 11.7 Å². The fourth-order valence-electron chi connectivity index (χ4n) is 1.25. The van der Waals surface area contributed by atoms with E-state index in [4.69, 9.17) is 0 Å². The van der Waals surface area contributed by atoms with E-state index < -0.39 is 0 Å². The van der Waals surface area contributed by atoms with Gasteiger partial charge in [-0.05, 0) is 30.5 Å². The number of pyridine rings is 1. The van der Waals surface area contributed by atoms with Crippen molar-refractivity contribution in [2.45, 2.75) is 33.6 Å². The van der Waals surface area contributed by atoms with E-state index in [1.807, 2.05) is 19.9 Å². The van der Waals surface area contributed by atoms with E-state index in [2.05, 4.69) is 17.2 Å². The summed E-state index contributed by atoms with van der Waals surface area (Å²) in [5.74, 6) is 0.655. The number of amides is 1. The van der Waals surface area contributed by atoms with Crippen molar-refractivity contribution in [3.63, 3.8) is 0 Å². The first-order valence-electron chi connectivity index (χ1n) is 4.92. The summed E-state index contributed by atoms with van der Waals surface area (Å²) in [6.45, 7) is 5.94. The Morgan fingerprint density at radius 2 is 2.21 bits per heavy atom. The Labute approximate surface area is 84.6 Å². The van der Waals surface area contributed by atoms with Gasteiger partial charge in [0.05, 0.1) is 0 Å². The maximum absolute atomic E-state index is 11.1. The third-order valence-corrected chi connectivity index (χ3v) is 2.18. The molecule has 1 amide bonds. The first kappa shape index (κ1) is 10.7. The number of anilines is 1. The lowest BCUT2D eigenvalue weighted by molar-refractivity contribution is -0.115. The maximum Gasteiger partial charge on any atom is 0.225 e. The Hall–Kier alpha value is -1.38. The molecular weight excluding hydrogens is 176 g/mol. The van der Waals surface area contributed by atoms with Gasteiger partial charge in [0.25, 0.3) is 0 Å². The number of carbonyl (C=O) groups excluding carboxylic acids is 1. The Bertz CT molecular complexity index is 334. The molecule has 0 saturated heterocycles. The van der Waals surface area contributed by atoms with Crippen LogP contribution in [0.1, 0.15) is 31.4 Å². The molecule has 0 saturated carbocycles. The van der Waals surface area contributed by atoms with E-state index in [0.717, 1.165) is 6.42 Å². The van der Waals surface area contributed by atoms with Crippen molar-refractivity contribution in [3.05, 3.63) is 23.4 Å². The van der Waals surface area contributed by atoms with Gasteiger partial charge in [0.1, 0.15) is 5.82 Å². The van der Waals surface area contributed by atoms with Crippen molar-refractivity contribution in [3.8, 4) is 0 Å². The first-order valence-corrected chi connectivity index (χ1v) is 4.92. The molecule has 0 spiro atoms. The molecule has 76 valence electrons. The Kier molecular flexibility index (Phi) is 3.63. The third kappa shape index (κ3) is 2.55. The molecule has 0 unspecified atom stereocenters. The van der Waals surface area contributed by atoms with Crippen LogP contribution >= 0.6 is 0 Å². The molecule has 14 heavy (non-hydrogen) atoms. The molecule has 0 bridgehead atoms. The van der Waals surface area contributed by atoms with Crippen LogP contribution in [0.25, 0.3) is 0 Å². The summed E-state index contributed by atoms with van der Waals surface area (Å²) in [5.41, 5.74) is 2.40. The zero-order valence-electron chi connectivity index (χ0n) is 8.92. The molecule has 3 nitrogen and oxygen atoms in total. The highest BCUT2D eigenvalue weighted by Crippen LogP contribution is 2.12. The zero-order chi connectivity index (χ0) is 10.6. The number of aromatic nitrogens is 1. The average Bonchev–Trinajstić information content (AvgIpc) is 2.20. The second kappa shape index (κ2) is 4.74. The van der Waals surface area contributed by atoms with Gasteiger partial charge in [-0.1, -0.05) is 13.8 Å². The van der Waals surface area contributed by atoms with Gasteiger partial charge < -0.3 is 5.32 Å². The molecule has 1 heterocycles. The average molecular weight is 192 g/mol. The highest BCUT2D eigenvalue weighted by Gasteiger charge is 2.02. The number of rotatable bonds is 3. The van der Waals surface area contributed by atoms with Crippen LogP contribution < -0.4 is 5.32 Å². The van der Waals surface area contributed by atoms with E-state index in [9.17, 15) is 4.79 Å². The molecule has 0 aromatic carbocycles. The Balaban J connectivity index is 2.84. The quantitative estimate of drug-likeness (QED) is 0.798. The van der Waals surface area contributed by atoms with Crippen LogP contribution in [0.3, 0.4) is 0 Å². The van der Waals surface area contributed by atoms with Gasteiger partial charge in [-0.25, -0.2) is 4.98 Å². The van der Waals surface area contributed by atoms with Gasteiger partial charge in [0.2, 0.25) is 5.91 Å². The predicted octanol–water partition coefficient (Wildman–Crippen LogP) is 2.30. The highest BCUT2D eigenvalue weighted by atomic mass is 16.1. The van der Waals surface area contributed by atoms with Crippen molar-refractivity contribution in [1.29, 1.82) is 0 Å². The predicted molar refractivity (Wildman–Crippen MR) is 57.3 cm³/mol. The fourth-order valence-corrected chi connectivity index (χ4v) is 1.25. The monoisotopic (exact) mass is 192 g/mol. The molecule has 0 radical (unpaired) electrons. The van der Waals surface area contributed by atoms with Gasteiger partial charge in [-0.2, -0.15) is 0 Å². The smallest absolute Gasteiger partial charge is 0.225 e. The zero-order valence-corrected chi connectivity index (χ0v) is 8.92.